The molecule has 0 aromatic heterocycles. The minimum absolute atomic E-state index is 0.0839. The molecule has 0 saturated carbocycles. The van der Waals surface area contributed by atoms with Crippen molar-refractivity contribution in [3.8, 4) is 34.8 Å². The molecule has 0 saturated heterocycles. The number of rotatable bonds is 2. The van der Waals surface area contributed by atoms with Crippen LogP contribution in [0.3, 0.4) is 0 Å². The van der Waals surface area contributed by atoms with Crippen LogP contribution in [0.15, 0.2) is 103 Å². The van der Waals surface area contributed by atoms with Gasteiger partial charge >= 0.3 is 0 Å². The van der Waals surface area contributed by atoms with Crippen LogP contribution in [0.4, 0.5) is 0 Å². The van der Waals surface area contributed by atoms with Crippen LogP contribution in [0.25, 0.3) is 11.1 Å². The van der Waals surface area contributed by atoms with Crippen LogP contribution in [-0.2, 0) is 10.8 Å². The molecular weight excluding hydrogens is 512 g/mol. The third-order valence-electron chi connectivity index (χ3n) is 9.36. The van der Waals surface area contributed by atoms with E-state index in [-0.39, 0.29) is 16.7 Å². The molecule has 5 aromatic carbocycles. The molecule has 0 spiro atoms. The highest BCUT2D eigenvalue weighted by Crippen LogP contribution is 2.53. The molecule has 0 fully saturated rings. The molecular formula is C39H30N2O. The lowest BCUT2D eigenvalue weighted by Gasteiger charge is -2.40. The quantitative estimate of drug-likeness (QED) is 0.223. The molecule has 0 unspecified atom stereocenters. The molecule has 0 atom stereocenters. The van der Waals surface area contributed by atoms with Crippen LogP contribution in [0.1, 0.15) is 83.7 Å². The minimum atomic E-state index is -0.271. The lowest BCUT2D eigenvalue weighted by atomic mass is 9.63. The van der Waals surface area contributed by atoms with E-state index in [9.17, 15) is 10.5 Å². The predicted molar refractivity (Wildman–Crippen MR) is 166 cm³/mol. The molecule has 42 heavy (non-hydrogen) atoms. The van der Waals surface area contributed by atoms with E-state index >= 15 is 0 Å². The topological polar surface area (TPSA) is 56.8 Å². The number of benzene rings is 5. The van der Waals surface area contributed by atoms with Crippen LogP contribution in [0.5, 0.6) is 11.5 Å². The fourth-order valence-electron chi connectivity index (χ4n) is 7.14. The summed E-state index contributed by atoms with van der Waals surface area (Å²) in [5, 5.41) is 19.1. The molecule has 2 aliphatic rings. The second-order valence-corrected chi connectivity index (χ2v) is 12.4. The smallest absolute Gasteiger partial charge is 0.132 e. The number of hydrogen-bond donors (Lipinski definition) is 0. The lowest BCUT2D eigenvalue weighted by molar-refractivity contribution is 0.417. The third-order valence-corrected chi connectivity index (χ3v) is 9.36. The fourth-order valence-corrected chi connectivity index (χ4v) is 7.14. The Labute approximate surface area is 247 Å². The van der Waals surface area contributed by atoms with Crippen molar-refractivity contribution in [2.45, 2.75) is 44.4 Å². The molecule has 0 amide bonds. The van der Waals surface area contributed by atoms with Gasteiger partial charge in [-0.1, -0.05) is 107 Å². The Morgan fingerprint density at radius 2 is 1.19 bits per heavy atom. The van der Waals surface area contributed by atoms with Crippen molar-refractivity contribution in [1.82, 2.24) is 0 Å². The molecule has 0 N–H and O–H groups in total. The van der Waals surface area contributed by atoms with Crippen LogP contribution in [-0.4, -0.2) is 0 Å². The van der Waals surface area contributed by atoms with Gasteiger partial charge in [-0.2, -0.15) is 10.5 Å². The highest BCUT2D eigenvalue weighted by atomic mass is 16.5. The number of nitriles is 2. The Hall–Kier alpha value is -5.12. The van der Waals surface area contributed by atoms with Crippen molar-refractivity contribution in [3.05, 3.63) is 153 Å². The SMILES string of the molecule is CC1(C)c2ccc(-c3ccc(C#N)cc3C#N)cc2Oc2cc(C3c4ccccc4C(C)(C)c4ccccc43)ccc21. The first kappa shape index (κ1) is 25.8. The molecule has 202 valence electrons. The zero-order valence-electron chi connectivity index (χ0n) is 24.2. The van der Waals surface area contributed by atoms with E-state index in [1.54, 1.807) is 12.1 Å². The van der Waals surface area contributed by atoms with E-state index in [2.05, 4.69) is 113 Å². The van der Waals surface area contributed by atoms with Crippen molar-refractivity contribution >= 4 is 0 Å². The molecule has 7 rings (SSSR count). The summed E-state index contributed by atoms with van der Waals surface area (Å²) in [4.78, 5) is 0. The first-order valence-corrected chi connectivity index (χ1v) is 14.3. The molecule has 0 bridgehead atoms. The number of fused-ring (bicyclic) bond motifs is 4. The first-order chi connectivity index (χ1) is 20.2. The summed E-state index contributed by atoms with van der Waals surface area (Å²) in [5.74, 6) is 1.76. The van der Waals surface area contributed by atoms with Gasteiger partial charge in [-0.15, -0.1) is 0 Å². The van der Waals surface area contributed by atoms with Gasteiger partial charge in [0.25, 0.3) is 0 Å². The Morgan fingerprint density at radius 3 is 1.83 bits per heavy atom. The molecule has 3 nitrogen and oxygen atoms in total. The summed E-state index contributed by atoms with van der Waals surface area (Å²) in [5.41, 5.74) is 11.1. The molecule has 1 aliphatic carbocycles. The second kappa shape index (κ2) is 9.20. The second-order valence-electron chi connectivity index (χ2n) is 12.4. The highest BCUT2D eigenvalue weighted by Gasteiger charge is 2.39. The molecule has 1 heterocycles. The Balaban J connectivity index is 1.35. The monoisotopic (exact) mass is 542 g/mol. The molecule has 3 heteroatoms. The van der Waals surface area contributed by atoms with Gasteiger partial charge in [-0.3, -0.25) is 0 Å². The Bertz CT molecular complexity index is 1950. The summed E-state index contributed by atoms with van der Waals surface area (Å²) in [6, 6.07) is 40.2. The molecule has 0 radical (unpaired) electrons. The molecule has 5 aromatic rings. The van der Waals surface area contributed by atoms with E-state index in [1.807, 2.05) is 18.2 Å². The van der Waals surface area contributed by atoms with Crippen molar-refractivity contribution in [2.75, 3.05) is 0 Å². The lowest BCUT2D eigenvalue weighted by Crippen LogP contribution is -2.30. The predicted octanol–water partition coefficient (Wildman–Crippen LogP) is 9.35. The third kappa shape index (κ3) is 3.71. The largest absolute Gasteiger partial charge is 0.457 e. The van der Waals surface area contributed by atoms with Gasteiger partial charge in [0.2, 0.25) is 0 Å². The van der Waals surface area contributed by atoms with E-state index in [1.165, 1.54) is 27.8 Å². The van der Waals surface area contributed by atoms with Crippen LogP contribution < -0.4 is 4.74 Å². The van der Waals surface area contributed by atoms with E-state index < -0.39 is 0 Å². The average Bonchev–Trinajstić information content (AvgIpc) is 3.00. The normalized spacial score (nSPS) is 15.6. The van der Waals surface area contributed by atoms with Crippen molar-refractivity contribution in [2.24, 2.45) is 0 Å². The van der Waals surface area contributed by atoms with Gasteiger partial charge in [0, 0.05) is 27.9 Å². The summed E-state index contributed by atoms with van der Waals surface area (Å²) in [6.45, 7) is 9.12. The van der Waals surface area contributed by atoms with E-state index in [0.717, 1.165) is 33.8 Å². The van der Waals surface area contributed by atoms with E-state index in [4.69, 9.17) is 4.74 Å². The van der Waals surface area contributed by atoms with Crippen LogP contribution >= 0.6 is 0 Å². The number of nitrogens with zero attached hydrogens (tertiary/aromatic N) is 2. The van der Waals surface area contributed by atoms with Gasteiger partial charge < -0.3 is 4.74 Å². The maximum Gasteiger partial charge on any atom is 0.132 e. The van der Waals surface area contributed by atoms with Gasteiger partial charge in [0.1, 0.15) is 11.5 Å². The molecule has 1 aliphatic heterocycles. The van der Waals surface area contributed by atoms with Gasteiger partial charge in [-0.05, 0) is 63.2 Å². The number of hydrogen-bond acceptors (Lipinski definition) is 3. The fraction of sp³-hybridized carbons (Fsp3) is 0.179. The summed E-state index contributed by atoms with van der Waals surface area (Å²) >= 11 is 0. The van der Waals surface area contributed by atoms with Crippen molar-refractivity contribution < 1.29 is 4.74 Å². The average molecular weight is 543 g/mol. The van der Waals surface area contributed by atoms with Crippen molar-refractivity contribution in [1.29, 1.82) is 10.5 Å². The minimum Gasteiger partial charge on any atom is -0.457 e. The van der Waals surface area contributed by atoms with Gasteiger partial charge in [0.05, 0.1) is 23.3 Å². The zero-order valence-corrected chi connectivity index (χ0v) is 24.2. The van der Waals surface area contributed by atoms with Gasteiger partial charge in [-0.25, -0.2) is 0 Å². The zero-order chi connectivity index (χ0) is 29.2. The standard InChI is InChI=1S/C39H30N2O/c1-38(2)31-11-7-5-9-29(31)37(30-10-6-8-12-32(30)38)26-15-18-34-36(21-26)42-35-20-25(14-17-33(35)39(34,3)4)28-16-13-24(22-40)19-27(28)23-41/h5-21,37H,1-4H3. The number of ether oxygens (including phenoxy) is 1. The summed E-state index contributed by atoms with van der Waals surface area (Å²) in [7, 11) is 0. The Kier molecular flexibility index (Phi) is 5.66. The van der Waals surface area contributed by atoms with E-state index in [0.29, 0.717) is 11.1 Å². The van der Waals surface area contributed by atoms with Crippen molar-refractivity contribution in [3.63, 3.8) is 0 Å². The van der Waals surface area contributed by atoms with Crippen LogP contribution in [0.2, 0.25) is 0 Å². The Morgan fingerprint density at radius 1 is 0.595 bits per heavy atom. The summed E-state index contributed by atoms with van der Waals surface area (Å²) in [6.07, 6.45) is 0. The highest BCUT2D eigenvalue weighted by molar-refractivity contribution is 5.75. The maximum absolute atomic E-state index is 9.79. The first-order valence-electron chi connectivity index (χ1n) is 14.3. The summed E-state index contributed by atoms with van der Waals surface area (Å²) < 4.78 is 6.71. The van der Waals surface area contributed by atoms with Gasteiger partial charge in [0.15, 0.2) is 0 Å². The van der Waals surface area contributed by atoms with Crippen LogP contribution in [0, 0.1) is 22.7 Å². The maximum atomic E-state index is 9.79.